The van der Waals surface area contributed by atoms with E-state index in [1.807, 2.05) is 37.3 Å². The number of imidazole rings is 1. The van der Waals surface area contributed by atoms with Gasteiger partial charge in [-0.1, -0.05) is 41.4 Å². The molecule has 11 nitrogen and oxygen atoms in total. The highest BCUT2D eigenvalue weighted by Gasteiger charge is 2.44. The lowest BCUT2D eigenvalue weighted by Gasteiger charge is -2.17. The number of anilines is 1. The SMILES string of the molecule is Cc1noc(-c2ccccc2)c1CSC[C@H]1O[C@@H](n2cc(C#Cc3ncc[nH]3)c3c(N)ncnc32)[C@H](O)[C@@H]1O. The van der Waals surface area contributed by atoms with E-state index < -0.39 is 24.5 Å². The molecule has 5 N–H and O–H groups in total. The summed E-state index contributed by atoms with van der Waals surface area (Å²) in [5.74, 6) is 8.51. The number of hydrogen-bond acceptors (Lipinski definition) is 10. The van der Waals surface area contributed by atoms with Gasteiger partial charge >= 0.3 is 0 Å². The molecule has 39 heavy (non-hydrogen) atoms. The second-order valence-corrected chi connectivity index (χ2v) is 10.1. The third kappa shape index (κ3) is 4.77. The highest BCUT2D eigenvalue weighted by Crippen LogP contribution is 2.36. The van der Waals surface area contributed by atoms with Crippen molar-refractivity contribution in [2.24, 2.45) is 0 Å². The van der Waals surface area contributed by atoms with Gasteiger partial charge in [-0.2, -0.15) is 11.8 Å². The molecule has 1 saturated heterocycles. The zero-order valence-corrected chi connectivity index (χ0v) is 21.7. The quantitative estimate of drug-likeness (QED) is 0.234. The Hall–Kier alpha value is -4.15. The lowest BCUT2D eigenvalue weighted by atomic mass is 10.1. The molecular formula is C27H25N7O4S. The van der Waals surface area contributed by atoms with Crippen LogP contribution in [-0.4, -0.2) is 63.9 Å². The van der Waals surface area contributed by atoms with Crippen molar-refractivity contribution in [3.05, 3.63) is 77.9 Å². The Labute approximate surface area is 227 Å². The molecular weight excluding hydrogens is 518 g/mol. The first-order valence-electron chi connectivity index (χ1n) is 12.2. The Bertz CT molecular complexity index is 1660. The minimum atomic E-state index is -1.19. The smallest absolute Gasteiger partial charge is 0.182 e. The minimum Gasteiger partial charge on any atom is -0.387 e. The van der Waals surface area contributed by atoms with Crippen molar-refractivity contribution in [3.63, 3.8) is 0 Å². The average molecular weight is 544 g/mol. The lowest BCUT2D eigenvalue weighted by Crippen LogP contribution is -2.32. The number of aliphatic hydroxyl groups excluding tert-OH is 2. The minimum absolute atomic E-state index is 0.251. The second-order valence-electron chi connectivity index (χ2n) is 9.10. The summed E-state index contributed by atoms with van der Waals surface area (Å²) >= 11 is 1.57. The molecule has 0 spiro atoms. The lowest BCUT2D eigenvalue weighted by molar-refractivity contribution is -0.0285. The molecule has 12 heteroatoms. The number of nitrogens with one attached hydrogen (secondary N) is 1. The predicted molar refractivity (Wildman–Crippen MR) is 145 cm³/mol. The van der Waals surface area contributed by atoms with Crippen LogP contribution in [0, 0.1) is 18.8 Å². The largest absolute Gasteiger partial charge is 0.387 e. The van der Waals surface area contributed by atoms with E-state index in [-0.39, 0.29) is 5.82 Å². The van der Waals surface area contributed by atoms with Gasteiger partial charge in [0.25, 0.3) is 0 Å². The van der Waals surface area contributed by atoms with Gasteiger partial charge < -0.3 is 34.8 Å². The summed E-state index contributed by atoms with van der Waals surface area (Å²) in [6.45, 7) is 1.91. The number of aromatic amines is 1. The van der Waals surface area contributed by atoms with Crippen LogP contribution in [0.15, 0.2) is 59.8 Å². The number of hydrogen-bond donors (Lipinski definition) is 4. The van der Waals surface area contributed by atoms with Gasteiger partial charge in [-0.3, -0.25) is 0 Å². The number of nitrogen functional groups attached to an aromatic ring is 1. The van der Waals surface area contributed by atoms with Crippen LogP contribution in [0.5, 0.6) is 0 Å². The molecule has 6 rings (SSSR count). The van der Waals surface area contributed by atoms with Crippen molar-refractivity contribution in [2.75, 3.05) is 11.5 Å². The molecule has 198 valence electrons. The number of rotatable bonds is 6. The first-order chi connectivity index (χ1) is 19.0. The van der Waals surface area contributed by atoms with Gasteiger partial charge in [0.1, 0.15) is 30.0 Å². The van der Waals surface area contributed by atoms with Gasteiger partial charge in [0.2, 0.25) is 0 Å². The fourth-order valence-electron chi connectivity index (χ4n) is 4.61. The number of aryl methyl sites for hydroxylation is 1. The van der Waals surface area contributed by atoms with Crippen molar-refractivity contribution < 1.29 is 19.5 Å². The van der Waals surface area contributed by atoms with E-state index in [0.29, 0.717) is 33.9 Å². The van der Waals surface area contributed by atoms with Crippen LogP contribution in [0.3, 0.4) is 0 Å². The van der Waals surface area contributed by atoms with Crippen molar-refractivity contribution in [2.45, 2.75) is 37.2 Å². The molecule has 5 aromatic rings. The second kappa shape index (κ2) is 10.5. The Kier molecular flexibility index (Phi) is 6.80. The molecule has 5 heterocycles. The number of ether oxygens (including phenoxy) is 1. The topological polar surface area (TPSA) is 161 Å². The summed E-state index contributed by atoms with van der Waals surface area (Å²) in [6.07, 6.45) is 2.53. The molecule has 0 aliphatic carbocycles. The molecule has 0 amide bonds. The fourth-order valence-corrected chi connectivity index (χ4v) is 5.78. The maximum absolute atomic E-state index is 11.0. The summed E-state index contributed by atoms with van der Waals surface area (Å²) in [7, 11) is 0. The van der Waals surface area contributed by atoms with E-state index in [2.05, 4.69) is 36.9 Å². The zero-order chi connectivity index (χ0) is 26.9. The average Bonchev–Trinajstić information content (AvgIpc) is 3.73. The summed E-state index contributed by atoms with van der Waals surface area (Å²) < 4.78 is 13.4. The van der Waals surface area contributed by atoms with Gasteiger partial charge in [0, 0.05) is 41.2 Å². The number of aromatic nitrogens is 6. The molecule has 1 fully saturated rings. The van der Waals surface area contributed by atoms with E-state index >= 15 is 0 Å². The third-order valence-electron chi connectivity index (χ3n) is 6.61. The molecule has 4 aromatic heterocycles. The summed E-state index contributed by atoms with van der Waals surface area (Å²) in [5.41, 5.74) is 9.91. The summed E-state index contributed by atoms with van der Waals surface area (Å²) in [4.78, 5) is 15.5. The number of nitrogens with two attached hydrogens (primary N) is 1. The molecule has 0 saturated carbocycles. The van der Waals surface area contributed by atoms with Gasteiger partial charge in [-0.15, -0.1) is 0 Å². The monoisotopic (exact) mass is 543 g/mol. The number of fused-ring (bicyclic) bond motifs is 1. The predicted octanol–water partition coefficient (Wildman–Crippen LogP) is 2.65. The Balaban J connectivity index is 1.21. The van der Waals surface area contributed by atoms with Crippen molar-refractivity contribution in [1.29, 1.82) is 0 Å². The number of nitrogens with zero attached hydrogens (tertiary/aromatic N) is 5. The number of benzene rings is 1. The van der Waals surface area contributed by atoms with Crippen LogP contribution >= 0.6 is 11.8 Å². The molecule has 0 bridgehead atoms. The number of thioether (sulfide) groups is 1. The molecule has 1 aliphatic heterocycles. The zero-order valence-electron chi connectivity index (χ0n) is 20.9. The van der Waals surface area contributed by atoms with Gasteiger partial charge in [-0.05, 0) is 12.8 Å². The first kappa shape index (κ1) is 25.1. The van der Waals surface area contributed by atoms with E-state index in [1.54, 1.807) is 34.9 Å². The van der Waals surface area contributed by atoms with Crippen molar-refractivity contribution in [1.82, 2.24) is 29.7 Å². The van der Waals surface area contributed by atoms with Gasteiger partial charge in [-0.25, -0.2) is 15.0 Å². The summed E-state index contributed by atoms with van der Waals surface area (Å²) in [5, 5.41) is 26.5. The van der Waals surface area contributed by atoms with E-state index in [4.69, 9.17) is 15.0 Å². The summed E-state index contributed by atoms with van der Waals surface area (Å²) in [6, 6.07) is 9.80. The fraction of sp³-hybridized carbons (Fsp3) is 0.259. The van der Waals surface area contributed by atoms with Crippen LogP contribution in [0.1, 0.15) is 28.9 Å². The molecule has 0 unspecified atom stereocenters. The molecule has 0 radical (unpaired) electrons. The molecule has 4 atom stereocenters. The van der Waals surface area contributed by atoms with Crippen LogP contribution in [-0.2, 0) is 10.5 Å². The van der Waals surface area contributed by atoms with Crippen LogP contribution in [0.2, 0.25) is 0 Å². The standard InChI is InChI=1S/C27H25N7O4S/c1-15-18(24(38-33-15)16-5-3-2-4-6-16)12-39-13-19-22(35)23(36)27(37-19)34-11-17(7-8-20-29-9-10-30-20)21-25(28)31-14-32-26(21)34/h2-6,9-11,14,19,22-23,27,35-36H,12-13H2,1H3,(H,29,30)(H2,28,31,32)/t19-,22-,23-,27-/m1/s1. The van der Waals surface area contributed by atoms with Crippen molar-refractivity contribution >= 4 is 28.6 Å². The third-order valence-corrected chi connectivity index (χ3v) is 7.67. The van der Waals surface area contributed by atoms with Crippen LogP contribution in [0.4, 0.5) is 5.82 Å². The molecule has 1 aliphatic rings. The Morgan fingerprint density at radius 1 is 1.13 bits per heavy atom. The van der Waals surface area contributed by atoms with E-state index in [0.717, 1.165) is 22.6 Å². The highest BCUT2D eigenvalue weighted by atomic mass is 32.2. The number of H-pyrrole nitrogens is 1. The van der Waals surface area contributed by atoms with Crippen molar-refractivity contribution in [3.8, 4) is 23.2 Å². The van der Waals surface area contributed by atoms with Gasteiger partial charge in [0.15, 0.2) is 17.8 Å². The normalized spacial score (nSPS) is 20.8. The Morgan fingerprint density at radius 2 is 1.97 bits per heavy atom. The number of aliphatic hydroxyl groups is 2. The van der Waals surface area contributed by atoms with E-state index in [9.17, 15) is 10.2 Å². The maximum Gasteiger partial charge on any atom is 0.182 e. The van der Waals surface area contributed by atoms with Crippen LogP contribution < -0.4 is 5.73 Å². The van der Waals surface area contributed by atoms with E-state index in [1.165, 1.54) is 6.33 Å². The molecule has 1 aromatic carbocycles. The maximum atomic E-state index is 11.0. The Morgan fingerprint density at radius 3 is 2.77 bits per heavy atom. The van der Waals surface area contributed by atoms with Crippen LogP contribution in [0.25, 0.3) is 22.4 Å². The van der Waals surface area contributed by atoms with Gasteiger partial charge in [0.05, 0.1) is 22.7 Å². The highest BCUT2D eigenvalue weighted by molar-refractivity contribution is 7.98. The first-order valence-corrected chi connectivity index (χ1v) is 13.4.